The molecule has 0 spiro atoms. The Kier molecular flexibility index (Phi) is 6.01. The van der Waals surface area contributed by atoms with Gasteiger partial charge in [0.2, 0.25) is 0 Å². The van der Waals surface area contributed by atoms with Crippen LogP contribution in [-0.4, -0.2) is 24.4 Å². The molecule has 2 aromatic carbocycles. The molecule has 2 rings (SSSR count). The minimum atomic E-state index is -4.51. The number of benzene rings is 2. The molecule has 1 nitrogen and oxygen atoms in total. The summed E-state index contributed by atoms with van der Waals surface area (Å²) in [6.45, 7) is 0. The normalized spacial score (nSPS) is 11.3. The van der Waals surface area contributed by atoms with Gasteiger partial charge >= 0.3 is 25.0 Å². The summed E-state index contributed by atoms with van der Waals surface area (Å²) < 4.78 is 38.4. The Morgan fingerprint density at radius 3 is 2.05 bits per heavy atom. The van der Waals surface area contributed by atoms with E-state index >= 15 is 0 Å². The van der Waals surface area contributed by atoms with Gasteiger partial charge < -0.3 is 0 Å². The van der Waals surface area contributed by atoms with Crippen molar-refractivity contribution in [1.29, 1.82) is 0 Å². The Labute approximate surface area is 128 Å². The first-order valence-corrected chi connectivity index (χ1v) is 6.51. The number of hydrogen-bond acceptors (Lipinski definition) is 1. The van der Waals surface area contributed by atoms with Crippen molar-refractivity contribution in [3.05, 3.63) is 65.7 Å². The second-order valence-electron chi connectivity index (χ2n) is 3.86. The van der Waals surface area contributed by atoms with Gasteiger partial charge in [0.05, 0.1) is 5.56 Å². The molecule has 0 amide bonds. The van der Waals surface area contributed by atoms with E-state index in [1.54, 1.807) is 30.3 Å². The first kappa shape index (κ1) is 17.0. The molecular formula is C14H11F3LiOP. The van der Waals surface area contributed by atoms with Crippen molar-refractivity contribution >= 4 is 38.3 Å². The average Bonchev–Trinajstić information content (AvgIpc) is 2.39. The molecule has 1 unspecified atom stereocenters. The third kappa shape index (κ3) is 4.21. The van der Waals surface area contributed by atoms with Crippen LogP contribution in [0.4, 0.5) is 13.2 Å². The van der Waals surface area contributed by atoms with Gasteiger partial charge in [0.1, 0.15) is 0 Å². The zero-order chi connectivity index (χ0) is 13.9. The summed E-state index contributed by atoms with van der Waals surface area (Å²) >= 11 is 0. The van der Waals surface area contributed by atoms with Gasteiger partial charge in [0.15, 0.2) is 5.52 Å². The number of alkyl halides is 3. The van der Waals surface area contributed by atoms with Crippen LogP contribution >= 0.6 is 8.58 Å². The molecule has 6 heteroatoms. The van der Waals surface area contributed by atoms with E-state index in [0.29, 0.717) is 0 Å². The molecule has 0 radical (unpaired) electrons. The van der Waals surface area contributed by atoms with Crippen molar-refractivity contribution in [3.63, 3.8) is 0 Å². The fourth-order valence-corrected chi connectivity index (χ4v) is 2.62. The van der Waals surface area contributed by atoms with E-state index in [1.165, 1.54) is 18.2 Å². The van der Waals surface area contributed by atoms with Crippen LogP contribution in [-0.2, 0) is 6.18 Å². The van der Waals surface area contributed by atoms with Gasteiger partial charge in [-0.1, -0.05) is 48.5 Å². The Morgan fingerprint density at radius 1 is 0.900 bits per heavy atom. The third-order valence-electron chi connectivity index (χ3n) is 2.51. The summed E-state index contributed by atoms with van der Waals surface area (Å²) in [7, 11) is -0.308. The number of carbonyl (C=O) groups excluding carboxylic acids is 1. The Balaban J connectivity index is 0.00000200. The Bertz CT molecular complexity index is 584. The molecule has 0 N–H and O–H groups in total. The summed E-state index contributed by atoms with van der Waals surface area (Å²) in [6, 6.07) is 13.6. The van der Waals surface area contributed by atoms with E-state index < -0.39 is 17.3 Å². The molecule has 0 aliphatic heterocycles. The standard InChI is InChI=1S/C14H10F3OP.Li.H/c15-14(16,17)12-9-5-4-8-11(12)13(18)19-10-6-2-1-3-7-10;;/h1-9,19H;;. The molecule has 0 saturated carbocycles. The summed E-state index contributed by atoms with van der Waals surface area (Å²) in [6.07, 6.45) is -4.51. The number of rotatable bonds is 3. The molecule has 0 fully saturated rings. The summed E-state index contributed by atoms with van der Waals surface area (Å²) in [5.41, 5.74) is -1.64. The second-order valence-corrected chi connectivity index (χ2v) is 5.14. The van der Waals surface area contributed by atoms with Crippen molar-refractivity contribution < 1.29 is 18.0 Å². The zero-order valence-electron chi connectivity index (χ0n) is 9.74. The number of carbonyl (C=O) groups is 1. The molecule has 1 atom stereocenters. The average molecular weight is 290 g/mol. The molecule has 0 aromatic heterocycles. The number of hydrogen-bond donors (Lipinski definition) is 0. The topological polar surface area (TPSA) is 17.1 Å². The van der Waals surface area contributed by atoms with Crippen molar-refractivity contribution in [2.75, 3.05) is 0 Å². The zero-order valence-corrected chi connectivity index (χ0v) is 10.7. The predicted octanol–water partition coefficient (Wildman–Crippen LogP) is 3.20. The molecule has 0 bridgehead atoms. The second kappa shape index (κ2) is 7.08. The predicted molar refractivity (Wildman–Crippen MR) is 77.3 cm³/mol. The van der Waals surface area contributed by atoms with Crippen molar-refractivity contribution in [3.8, 4) is 0 Å². The van der Waals surface area contributed by atoms with Gasteiger partial charge in [0, 0.05) is 5.56 Å². The first-order chi connectivity index (χ1) is 8.98. The van der Waals surface area contributed by atoms with E-state index in [9.17, 15) is 18.0 Å². The fraction of sp³-hybridized carbons (Fsp3) is 0.0714. The van der Waals surface area contributed by atoms with E-state index in [4.69, 9.17) is 0 Å². The van der Waals surface area contributed by atoms with Gasteiger partial charge in [-0.25, -0.2) is 0 Å². The molecular weight excluding hydrogens is 279 g/mol. The van der Waals surface area contributed by atoms with Crippen LogP contribution in [0.2, 0.25) is 0 Å². The van der Waals surface area contributed by atoms with Crippen molar-refractivity contribution in [2.45, 2.75) is 6.18 Å². The first-order valence-electron chi connectivity index (χ1n) is 5.51. The molecule has 0 aliphatic carbocycles. The van der Waals surface area contributed by atoms with Crippen LogP contribution in [0.25, 0.3) is 0 Å². The van der Waals surface area contributed by atoms with Gasteiger partial charge in [-0.2, -0.15) is 13.2 Å². The summed E-state index contributed by atoms with van der Waals surface area (Å²) in [5.74, 6) is 0. The van der Waals surface area contributed by atoms with Crippen LogP contribution in [0, 0.1) is 0 Å². The van der Waals surface area contributed by atoms with E-state index in [2.05, 4.69) is 0 Å². The van der Waals surface area contributed by atoms with E-state index in [-0.39, 0.29) is 33.0 Å². The van der Waals surface area contributed by atoms with Crippen molar-refractivity contribution in [2.24, 2.45) is 0 Å². The molecule has 20 heavy (non-hydrogen) atoms. The SMILES string of the molecule is O=C(Pc1ccccc1)c1ccccc1C(F)(F)F.[LiH]. The van der Waals surface area contributed by atoms with Gasteiger partial charge in [0.25, 0.3) is 0 Å². The van der Waals surface area contributed by atoms with E-state index in [1.807, 2.05) is 0 Å². The Hall–Kier alpha value is -1.07. The Morgan fingerprint density at radius 2 is 1.45 bits per heavy atom. The molecule has 0 saturated heterocycles. The minimum absolute atomic E-state index is 0. The molecule has 0 heterocycles. The van der Waals surface area contributed by atoms with Crippen LogP contribution < -0.4 is 5.30 Å². The van der Waals surface area contributed by atoms with Crippen molar-refractivity contribution in [1.82, 2.24) is 0 Å². The maximum atomic E-state index is 12.8. The maximum absolute atomic E-state index is 12.8. The molecule has 100 valence electrons. The van der Waals surface area contributed by atoms with Gasteiger partial charge in [-0.15, -0.1) is 0 Å². The van der Waals surface area contributed by atoms with Gasteiger partial charge in [-0.3, -0.25) is 4.79 Å². The van der Waals surface area contributed by atoms with Gasteiger partial charge in [-0.05, 0) is 20.0 Å². The summed E-state index contributed by atoms with van der Waals surface area (Å²) in [5, 5.41) is 0.726. The van der Waals surface area contributed by atoms with Crippen LogP contribution in [0.15, 0.2) is 54.6 Å². The monoisotopic (exact) mass is 290 g/mol. The molecule has 0 aliphatic rings. The fourth-order valence-electron chi connectivity index (χ4n) is 1.65. The quantitative estimate of drug-likeness (QED) is 0.626. The van der Waals surface area contributed by atoms with E-state index in [0.717, 1.165) is 11.4 Å². The third-order valence-corrected chi connectivity index (χ3v) is 3.63. The number of halogens is 3. The summed E-state index contributed by atoms with van der Waals surface area (Å²) in [4.78, 5) is 12.0. The molecule has 2 aromatic rings. The van der Waals surface area contributed by atoms with Crippen LogP contribution in [0.1, 0.15) is 15.9 Å². The van der Waals surface area contributed by atoms with Crippen LogP contribution in [0.5, 0.6) is 0 Å². The van der Waals surface area contributed by atoms with Crippen LogP contribution in [0.3, 0.4) is 0 Å².